The number of amides is 1. The fraction of sp³-hybridized carbons (Fsp3) is 0.273. The number of anilines is 2. The molecular weight excluding hydrogens is 350 g/mol. The molecule has 6 nitrogen and oxygen atoms in total. The minimum absolute atomic E-state index is 0.237. The predicted molar refractivity (Wildman–Crippen MR) is 111 cm³/mol. The molecule has 1 amide bonds. The standard InChI is InChI=1S/C22H25N5O/c1-14(2)18-7-5-6-15(3)20(18)27-22-25-16(4)12-19(26-22)21(28)24-13-17-8-10-23-11-9-17/h5-12,14H,13H2,1-4H3,(H,24,28)(H,25,26,27). The molecule has 0 fully saturated rings. The second-order valence-electron chi connectivity index (χ2n) is 7.08. The summed E-state index contributed by atoms with van der Waals surface area (Å²) in [5.74, 6) is 0.542. The fourth-order valence-corrected chi connectivity index (χ4v) is 2.97. The molecule has 0 saturated carbocycles. The minimum atomic E-state index is -0.237. The van der Waals surface area contributed by atoms with E-state index < -0.39 is 0 Å². The van der Waals surface area contributed by atoms with Crippen LogP contribution in [-0.4, -0.2) is 20.9 Å². The van der Waals surface area contributed by atoms with Gasteiger partial charge in [-0.2, -0.15) is 0 Å². The van der Waals surface area contributed by atoms with Crippen LogP contribution in [0.1, 0.15) is 52.6 Å². The van der Waals surface area contributed by atoms with Gasteiger partial charge in [-0.1, -0.05) is 32.0 Å². The van der Waals surface area contributed by atoms with E-state index in [1.807, 2.05) is 38.1 Å². The van der Waals surface area contributed by atoms with Crippen molar-refractivity contribution in [3.05, 3.63) is 76.9 Å². The average Bonchev–Trinajstić information content (AvgIpc) is 2.68. The molecule has 0 aliphatic rings. The molecule has 3 rings (SSSR count). The van der Waals surface area contributed by atoms with Gasteiger partial charge in [-0.25, -0.2) is 9.97 Å². The first kappa shape index (κ1) is 19.5. The molecule has 6 heteroatoms. The molecule has 2 aromatic heterocycles. The van der Waals surface area contributed by atoms with E-state index in [1.54, 1.807) is 18.5 Å². The van der Waals surface area contributed by atoms with E-state index in [4.69, 9.17) is 0 Å². The summed E-state index contributed by atoms with van der Waals surface area (Å²) in [6, 6.07) is 11.6. The zero-order valence-corrected chi connectivity index (χ0v) is 16.7. The van der Waals surface area contributed by atoms with Crippen LogP contribution in [0.4, 0.5) is 11.6 Å². The van der Waals surface area contributed by atoms with Crippen LogP contribution in [0.2, 0.25) is 0 Å². The van der Waals surface area contributed by atoms with Gasteiger partial charge < -0.3 is 10.6 Å². The van der Waals surface area contributed by atoms with Crippen LogP contribution in [-0.2, 0) is 6.54 Å². The van der Waals surface area contributed by atoms with Gasteiger partial charge in [0.1, 0.15) is 5.69 Å². The second-order valence-corrected chi connectivity index (χ2v) is 7.08. The van der Waals surface area contributed by atoms with Crippen LogP contribution in [0.15, 0.2) is 48.8 Å². The molecule has 0 bridgehead atoms. The highest BCUT2D eigenvalue weighted by Crippen LogP contribution is 2.29. The quantitative estimate of drug-likeness (QED) is 0.672. The summed E-state index contributed by atoms with van der Waals surface area (Å²) in [7, 11) is 0. The predicted octanol–water partition coefficient (Wildman–Crippen LogP) is 4.29. The number of pyridine rings is 1. The first-order valence-electron chi connectivity index (χ1n) is 9.33. The smallest absolute Gasteiger partial charge is 0.270 e. The number of carbonyl (C=O) groups excluding carboxylic acids is 1. The van der Waals surface area contributed by atoms with Crippen molar-refractivity contribution in [3.8, 4) is 0 Å². The van der Waals surface area contributed by atoms with Gasteiger partial charge in [0.05, 0.1) is 0 Å². The number of para-hydroxylation sites is 1. The number of aryl methyl sites for hydroxylation is 2. The lowest BCUT2D eigenvalue weighted by atomic mass is 9.98. The average molecular weight is 375 g/mol. The first-order valence-corrected chi connectivity index (χ1v) is 9.33. The van der Waals surface area contributed by atoms with Crippen LogP contribution >= 0.6 is 0 Å². The highest BCUT2D eigenvalue weighted by Gasteiger charge is 2.14. The van der Waals surface area contributed by atoms with Crippen molar-refractivity contribution in [1.82, 2.24) is 20.3 Å². The Morgan fingerprint density at radius 2 is 1.82 bits per heavy atom. The van der Waals surface area contributed by atoms with Gasteiger partial charge in [0.25, 0.3) is 5.91 Å². The van der Waals surface area contributed by atoms with Crippen LogP contribution in [0.5, 0.6) is 0 Å². The van der Waals surface area contributed by atoms with E-state index in [0.29, 0.717) is 24.1 Å². The number of hydrogen-bond acceptors (Lipinski definition) is 5. The van der Waals surface area contributed by atoms with Gasteiger partial charge >= 0.3 is 0 Å². The summed E-state index contributed by atoms with van der Waals surface area (Å²) in [6.45, 7) is 8.62. The number of hydrogen-bond donors (Lipinski definition) is 2. The molecule has 28 heavy (non-hydrogen) atoms. The molecule has 0 aliphatic carbocycles. The lowest BCUT2D eigenvalue weighted by Gasteiger charge is -2.17. The third-order valence-electron chi connectivity index (χ3n) is 4.45. The van der Waals surface area contributed by atoms with Crippen LogP contribution in [0.3, 0.4) is 0 Å². The molecular formula is C22H25N5O. The highest BCUT2D eigenvalue weighted by atomic mass is 16.1. The number of nitrogens with one attached hydrogen (secondary N) is 2. The van der Waals surface area contributed by atoms with E-state index in [1.165, 1.54) is 5.56 Å². The van der Waals surface area contributed by atoms with Crippen molar-refractivity contribution in [3.63, 3.8) is 0 Å². The highest BCUT2D eigenvalue weighted by molar-refractivity contribution is 5.92. The van der Waals surface area contributed by atoms with E-state index in [0.717, 1.165) is 22.5 Å². The van der Waals surface area contributed by atoms with Crippen molar-refractivity contribution in [2.75, 3.05) is 5.32 Å². The Bertz CT molecular complexity index is 970. The second kappa shape index (κ2) is 8.61. The molecule has 0 spiro atoms. The number of aromatic nitrogens is 3. The number of nitrogens with zero attached hydrogens (tertiary/aromatic N) is 3. The summed E-state index contributed by atoms with van der Waals surface area (Å²) < 4.78 is 0. The van der Waals surface area contributed by atoms with Gasteiger partial charge in [0.15, 0.2) is 0 Å². The maximum atomic E-state index is 12.6. The van der Waals surface area contributed by atoms with Gasteiger partial charge in [-0.15, -0.1) is 0 Å². The zero-order valence-electron chi connectivity index (χ0n) is 16.7. The maximum absolute atomic E-state index is 12.6. The topological polar surface area (TPSA) is 79.8 Å². The molecule has 1 aromatic carbocycles. The van der Waals surface area contributed by atoms with Crippen LogP contribution in [0.25, 0.3) is 0 Å². The molecule has 2 N–H and O–H groups in total. The van der Waals surface area contributed by atoms with Gasteiger partial charge in [0, 0.05) is 30.3 Å². The third kappa shape index (κ3) is 4.71. The van der Waals surface area contributed by atoms with Crippen molar-refractivity contribution < 1.29 is 4.79 Å². The molecule has 0 aliphatic heterocycles. The Morgan fingerprint density at radius 3 is 2.54 bits per heavy atom. The summed E-state index contributed by atoms with van der Waals surface area (Å²) >= 11 is 0. The number of rotatable bonds is 6. The Hall–Kier alpha value is -3.28. The Kier molecular flexibility index (Phi) is 5.99. The molecule has 2 heterocycles. The van der Waals surface area contributed by atoms with E-state index in [-0.39, 0.29) is 5.91 Å². The Labute approximate surface area is 165 Å². The van der Waals surface area contributed by atoms with Crippen molar-refractivity contribution in [1.29, 1.82) is 0 Å². The summed E-state index contributed by atoms with van der Waals surface area (Å²) in [5.41, 5.74) is 5.34. The third-order valence-corrected chi connectivity index (χ3v) is 4.45. The summed E-state index contributed by atoms with van der Waals surface area (Å²) in [6.07, 6.45) is 3.40. The van der Waals surface area contributed by atoms with E-state index in [2.05, 4.69) is 45.5 Å². The van der Waals surface area contributed by atoms with Crippen LogP contribution < -0.4 is 10.6 Å². The Balaban J connectivity index is 1.81. The van der Waals surface area contributed by atoms with Crippen molar-refractivity contribution in [2.45, 2.75) is 40.2 Å². The lowest BCUT2D eigenvalue weighted by Crippen LogP contribution is -2.24. The van der Waals surface area contributed by atoms with Crippen molar-refractivity contribution >= 4 is 17.5 Å². The minimum Gasteiger partial charge on any atom is -0.347 e. The van der Waals surface area contributed by atoms with Gasteiger partial charge in [0.2, 0.25) is 5.95 Å². The largest absolute Gasteiger partial charge is 0.347 e. The van der Waals surface area contributed by atoms with E-state index in [9.17, 15) is 4.79 Å². The SMILES string of the molecule is Cc1cc(C(=O)NCc2ccncc2)nc(Nc2c(C)cccc2C(C)C)n1. The molecule has 0 radical (unpaired) electrons. The molecule has 0 atom stereocenters. The molecule has 144 valence electrons. The first-order chi connectivity index (χ1) is 13.4. The van der Waals surface area contributed by atoms with Gasteiger partial charge in [-0.05, 0) is 54.7 Å². The lowest BCUT2D eigenvalue weighted by molar-refractivity contribution is 0.0945. The van der Waals surface area contributed by atoms with Crippen LogP contribution in [0, 0.1) is 13.8 Å². The molecule has 3 aromatic rings. The molecule has 0 unspecified atom stereocenters. The summed E-state index contributed by atoms with van der Waals surface area (Å²) in [4.78, 5) is 25.4. The van der Waals surface area contributed by atoms with Crippen molar-refractivity contribution in [2.24, 2.45) is 0 Å². The number of benzene rings is 1. The Morgan fingerprint density at radius 1 is 1.07 bits per heavy atom. The monoisotopic (exact) mass is 375 g/mol. The van der Waals surface area contributed by atoms with Gasteiger partial charge in [-0.3, -0.25) is 9.78 Å². The zero-order chi connectivity index (χ0) is 20.1. The fourth-order valence-electron chi connectivity index (χ4n) is 2.97. The normalized spacial score (nSPS) is 10.8. The number of carbonyl (C=O) groups is 1. The summed E-state index contributed by atoms with van der Waals surface area (Å²) in [5, 5.41) is 6.21. The maximum Gasteiger partial charge on any atom is 0.270 e. The molecule has 0 saturated heterocycles. The van der Waals surface area contributed by atoms with E-state index >= 15 is 0 Å².